The molecule has 2 amide bonds. The molecule has 0 spiro atoms. The summed E-state index contributed by atoms with van der Waals surface area (Å²) in [7, 11) is 1.50. The highest BCUT2D eigenvalue weighted by Gasteiger charge is 2.28. The molecular formula is C14H16N4O2S. The van der Waals surface area contributed by atoms with Crippen molar-refractivity contribution in [1.82, 2.24) is 15.6 Å². The number of hydrogen-bond donors (Lipinski definition) is 2. The summed E-state index contributed by atoms with van der Waals surface area (Å²) in [5.41, 5.74) is 1.41. The molecule has 1 aliphatic carbocycles. The van der Waals surface area contributed by atoms with Gasteiger partial charge in [0.2, 0.25) is 5.91 Å². The van der Waals surface area contributed by atoms with E-state index in [1.807, 2.05) is 12.3 Å². The van der Waals surface area contributed by atoms with Crippen LogP contribution in [0.2, 0.25) is 0 Å². The number of aromatic nitrogens is 1. The Morgan fingerprint density at radius 2 is 2.24 bits per heavy atom. The molecule has 7 heteroatoms. The molecule has 1 fully saturated rings. The maximum Gasteiger partial charge on any atom is 0.253 e. The zero-order valence-corrected chi connectivity index (χ0v) is 12.7. The number of amides is 2. The second kappa shape index (κ2) is 6.59. The molecule has 1 aromatic rings. The van der Waals surface area contributed by atoms with Crippen LogP contribution in [-0.2, 0) is 4.79 Å². The van der Waals surface area contributed by atoms with Crippen LogP contribution in [0, 0.1) is 11.3 Å². The van der Waals surface area contributed by atoms with Crippen LogP contribution in [0.25, 0.3) is 0 Å². The van der Waals surface area contributed by atoms with Crippen molar-refractivity contribution in [2.45, 2.75) is 23.8 Å². The Morgan fingerprint density at radius 1 is 1.52 bits per heavy atom. The van der Waals surface area contributed by atoms with Crippen molar-refractivity contribution in [3.63, 3.8) is 0 Å². The number of likely N-dealkylation sites (N-methyl/N-ethyl adjacent to an activating group) is 1. The molecule has 6 nitrogen and oxygen atoms in total. The van der Waals surface area contributed by atoms with E-state index in [2.05, 4.69) is 15.6 Å². The van der Waals surface area contributed by atoms with E-state index in [4.69, 9.17) is 0 Å². The van der Waals surface area contributed by atoms with Gasteiger partial charge in [-0.05, 0) is 25.2 Å². The molecule has 0 aliphatic heterocycles. The highest BCUT2D eigenvalue weighted by Crippen LogP contribution is 2.40. The van der Waals surface area contributed by atoms with Crippen LogP contribution in [0.15, 0.2) is 11.1 Å². The standard InChI is InChI=1S/C14H16N4O2S/c1-16-12(19)7-17-13(20)9-5-11(8-3-4-8)18-14(21-2)10(9)6-15/h5,8H,3-4,7H2,1-2H3,(H,16,19)(H,17,20). The van der Waals surface area contributed by atoms with Crippen LogP contribution in [0.1, 0.15) is 40.4 Å². The zero-order chi connectivity index (χ0) is 15.4. The number of thioether (sulfide) groups is 1. The van der Waals surface area contributed by atoms with E-state index < -0.39 is 5.91 Å². The van der Waals surface area contributed by atoms with Gasteiger partial charge in [-0.1, -0.05) is 0 Å². The maximum atomic E-state index is 12.2. The number of hydrogen-bond acceptors (Lipinski definition) is 5. The fourth-order valence-corrected chi connectivity index (χ4v) is 2.46. The summed E-state index contributed by atoms with van der Waals surface area (Å²) in [4.78, 5) is 27.9. The van der Waals surface area contributed by atoms with Crippen molar-refractivity contribution in [1.29, 1.82) is 5.26 Å². The highest BCUT2D eigenvalue weighted by molar-refractivity contribution is 7.98. The number of nitriles is 1. The third-order valence-corrected chi connectivity index (χ3v) is 3.92. The predicted octanol–water partition coefficient (Wildman–Crippen LogP) is 1.03. The summed E-state index contributed by atoms with van der Waals surface area (Å²) in [6.07, 6.45) is 3.95. The third-order valence-electron chi connectivity index (χ3n) is 3.24. The minimum absolute atomic E-state index is 0.115. The fourth-order valence-electron chi connectivity index (χ4n) is 1.91. The molecule has 1 saturated carbocycles. The van der Waals surface area contributed by atoms with Gasteiger partial charge in [0.15, 0.2) is 0 Å². The SMILES string of the molecule is CNC(=O)CNC(=O)c1cc(C2CC2)nc(SC)c1C#N. The Kier molecular flexibility index (Phi) is 4.81. The van der Waals surface area contributed by atoms with Crippen LogP contribution in [0.3, 0.4) is 0 Å². The molecular weight excluding hydrogens is 288 g/mol. The fraction of sp³-hybridized carbons (Fsp3) is 0.429. The van der Waals surface area contributed by atoms with Crippen molar-refractivity contribution < 1.29 is 9.59 Å². The summed E-state index contributed by atoms with van der Waals surface area (Å²) >= 11 is 1.35. The van der Waals surface area contributed by atoms with Gasteiger partial charge in [0.1, 0.15) is 11.1 Å². The second-order valence-electron chi connectivity index (χ2n) is 4.72. The van der Waals surface area contributed by atoms with E-state index in [0.29, 0.717) is 16.5 Å². The monoisotopic (exact) mass is 304 g/mol. The third kappa shape index (κ3) is 3.52. The average molecular weight is 304 g/mol. The lowest BCUT2D eigenvalue weighted by molar-refractivity contribution is -0.119. The summed E-state index contributed by atoms with van der Waals surface area (Å²) in [5, 5.41) is 14.8. The van der Waals surface area contributed by atoms with Crippen LogP contribution in [-0.4, -0.2) is 36.6 Å². The molecule has 0 atom stereocenters. The van der Waals surface area contributed by atoms with Gasteiger partial charge in [-0.15, -0.1) is 11.8 Å². The molecule has 110 valence electrons. The molecule has 21 heavy (non-hydrogen) atoms. The van der Waals surface area contributed by atoms with Crippen molar-refractivity contribution >= 4 is 23.6 Å². The van der Waals surface area contributed by atoms with Gasteiger partial charge in [0, 0.05) is 18.7 Å². The van der Waals surface area contributed by atoms with Crippen molar-refractivity contribution in [3.8, 4) is 6.07 Å². The van der Waals surface area contributed by atoms with Gasteiger partial charge in [-0.3, -0.25) is 9.59 Å². The quantitative estimate of drug-likeness (QED) is 0.792. The first-order chi connectivity index (χ1) is 10.1. The Morgan fingerprint density at radius 3 is 2.76 bits per heavy atom. The zero-order valence-electron chi connectivity index (χ0n) is 11.9. The number of nitrogens with one attached hydrogen (secondary N) is 2. The van der Waals surface area contributed by atoms with Gasteiger partial charge in [0.25, 0.3) is 5.91 Å². The lowest BCUT2D eigenvalue weighted by Gasteiger charge is -2.10. The highest BCUT2D eigenvalue weighted by atomic mass is 32.2. The first kappa shape index (κ1) is 15.3. The van der Waals surface area contributed by atoms with E-state index in [-0.39, 0.29) is 18.0 Å². The van der Waals surface area contributed by atoms with Crippen molar-refractivity contribution in [2.24, 2.45) is 0 Å². The Balaban J connectivity index is 2.31. The van der Waals surface area contributed by atoms with E-state index in [1.54, 1.807) is 6.07 Å². The molecule has 0 bridgehead atoms. The second-order valence-corrected chi connectivity index (χ2v) is 5.52. The molecule has 0 unspecified atom stereocenters. The summed E-state index contributed by atoms with van der Waals surface area (Å²) in [5.74, 6) is -0.327. The molecule has 1 aliphatic rings. The number of pyridine rings is 1. The number of carbonyl (C=O) groups excluding carboxylic acids is 2. The molecule has 1 heterocycles. The topological polar surface area (TPSA) is 94.9 Å². The minimum Gasteiger partial charge on any atom is -0.358 e. The maximum absolute atomic E-state index is 12.2. The van der Waals surface area contributed by atoms with Gasteiger partial charge < -0.3 is 10.6 Å². The molecule has 2 rings (SSSR count). The molecule has 0 aromatic carbocycles. The Labute approximate surface area is 127 Å². The van der Waals surface area contributed by atoms with E-state index in [0.717, 1.165) is 18.5 Å². The van der Waals surface area contributed by atoms with Gasteiger partial charge >= 0.3 is 0 Å². The first-order valence-electron chi connectivity index (χ1n) is 6.58. The van der Waals surface area contributed by atoms with Crippen LogP contribution in [0.5, 0.6) is 0 Å². The normalized spacial score (nSPS) is 13.4. The van der Waals surface area contributed by atoms with Crippen LogP contribution < -0.4 is 10.6 Å². The van der Waals surface area contributed by atoms with Gasteiger partial charge in [-0.2, -0.15) is 5.26 Å². The Hall–Kier alpha value is -2.07. The van der Waals surface area contributed by atoms with Crippen molar-refractivity contribution in [2.75, 3.05) is 19.8 Å². The van der Waals surface area contributed by atoms with E-state index >= 15 is 0 Å². The number of rotatable bonds is 5. The lowest BCUT2D eigenvalue weighted by Crippen LogP contribution is -2.35. The smallest absolute Gasteiger partial charge is 0.253 e. The molecule has 0 radical (unpaired) electrons. The molecule has 2 N–H and O–H groups in total. The van der Waals surface area contributed by atoms with E-state index in [1.165, 1.54) is 18.8 Å². The number of carbonyl (C=O) groups is 2. The van der Waals surface area contributed by atoms with E-state index in [9.17, 15) is 14.9 Å². The first-order valence-corrected chi connectivity index (χ1v) is 7.81. The minimum atomic E-state index is -0.422. The number of nitrogens with zero attached hydrogens (tertiary/aromatic N) is 2. The summed E-state index contributed by atoms with van der Waals surface area (Å²) < 4.78 is 0. The molecule has 0 saturated heterocycles. The largest absolute Gasteiger partial charge is 0.358 e. The van der Waals surface area contributed by atoms with Crippen LogP contribution in [0.4, 0.5) is 0 Å². The molecule has 1 aromatic heterocycles. The average Bonchev–Trinajstić information content (AvgIpc) is 3.35. The van der Waals surface area contributed by atoms with Gasteiger partial charge in [0.05, 0.1) is 17.7 Å². The van der Waals surface area contributed by atoms with Crippen molar-refractivity contribution in [3.05, 3.63) is 22.9 Å². The lowest BCUT2D eigenvalue weighted by atomic mass is 10.1. The van der Waals surface area contributed by atoms with Crippen LogP contribution >= 0.6 is 11.8 Å². The Bertz CT molecular complexity index is 620. The van der Waals surface area contributed by atoms with Gasteiger partial charge in [-0.25, -0.2) is 4.98 Å². The predicted molar refractivity (Wildman–Crippen MR) is 79.1 cm³/mol. The summed E-state index contributed by atoms with van der Waals surface area (Å²) in [6, 6.07) is 3.72. The summed E-state index contributed by atoms with van der Waals surface area (Å²) in [6.45, 7) is -0.115.